The van der Waals surface area contributed by atoms with E-state index in [1.165, 1.54) is 10.6 Å². The van der Waals surface area contributed by atoms with Crippen molar-refractivity contribution in [2.75, 3.05) is 39.0 Å². The van der Waals surface area contributed by atoms with Gasteiger partial charge in [0.25, 0.3) is 5.56 Å². The number of nitrogens with one attached hydrogen (secondary N) is 1. The van der Waals surface area contributed by atoms with Crippen molar-refractivity contribution in [3.8, 4) is 11.4 Å². The number of carbonyl (C=O) groups is 3. The van der Waals surface area contributed by atoms with Crippen molar-refractivity contribution in [2.45, 2.75) is 57.9 Å². The summed E-state index contributed by atoms with van der Waals surface area (Å²) in [5.41, 5.74) is 1.44. The number of hydrogen-bond acceptors (Lipinski definition) is 11. The predicted molar refractivity (Wildman–Crippen MR) is 168 cm³/mol. The van der Waals surface area contributed by atoms with Crippen molar-refractivity contribution in [3.63, 3.8) is 0 Å². The SMILES string of the molecule is CC[C@@]1(O)C(=O)OCc2c1cc1n(c2=O)Cc2c-1nc1cc(F)c(C)c3c1c2[C@@H](NC(=O)COCN(CCS(C)(=O)=O)C(=O)OC)CC3. The molecule has 48 heavy (non-hydrogen) atoms. The summed E-state index contributed by atoms with van der Waals surface area (Å²) in [5, 5.41) is 14.9. The highest BCUT2D eigenvalue weighted by Crippen LogP contribution is 2.45. The molecule has 4 heterocycles. The van der Waals surface area contributed by atoms with E-state index in [4.69, 9.17) is 19.2 Å². The second-order valence-electron chi connectivity index (χ2n) is 12.3. The normalized spacial score (nSPS) is 19.3. The van der Waals surface area contributed by atoms with Crippen molar-refractivity contribution in [1.29, 1.82) is 0 Å². The summed E-state index contributed by atoms with van der Waals surface area (Å²) in [4.78, 5) is 57.5. The number of cyclic esters (lactones) is 1. The number of amides is 2. The summed E-state index contributed by atoms with van der Waals surface area (Å²) < 4.78 is 55.2. The van der Waals surface area contributed by atoms with E-state index in [2.05, 4.69) is 5.32 Å². The number of methoxy groups -OCH3 is 1. The van der Waals surface area contributed by atoms with Crippen molar-refractivity contribution < 1.29 is 46.5 Å². The molecule has 2 aromatic heterocycles. The van der Waals surface area contributed by atoms with Gasteiger partial charge in [0.15, 0.2) is 5.60 Å². The molecule has 16 heteroatoms. The van der Waals surface area contributed by atoms with E-state index in [0.29, 0.717) is 51.8 Å². The number of aryl methyl sites for hydroxylation is 1. The van der Waals surface area contributed by atoms with Gasteiger partial charge >= 0.3 is 12.1 Å². The van der Waals surface area contributed by atoms with E-state index in [1.54, 1.807) is 19.9 Å². The zero-order valence-electron chi connectivity index (χ0n) is 26.8. The standard InChI is InChI=1S/C32H35FN4O10S/c1-5-32(42)20-10-24-28-18(12-37(24)29(39)19(20)13-47-30(32)40)27-22(7-6-17-16(2)21(33)11-23(35-28)26(17)27)34-25(38)14-46-15-36(31(41)45-3)8-9-48(4,43)44/h10-11,22,42H,5-9,12-15H2,1-4H3,(H,34,38)/t22-,32-/m0/s1. The van der Waals surface area contributed by atoms with Crippen LogP contribution in [0.25, 0.3) is 22.3 Å². The molecule has 2 atom stereocenters. The molecule has 1 aromatic carbocycles. The summed E-state index contributed by atoms with van der Waals surface area (Å²) >= 11 is 0. The Bertz CT molecular complexity index is 2060. The Labute approximate surface area is 274 Å². The van der Waals surface area contributed by atoms with Crippen LogP contribution in [-0.4, -0.2) is 84.9 Å². The van der Waals surface area contributed by atoms with Crippen LogP contribution < -0.4 is 10.9 Å². The van der Waals surface area contributed by atoms with Gasteiger partial charge in [-0.3, -0.25) is 14.5 Å². The highest BCUT2D eigenvalue weighted by Gasteiger charge is 2.46. The molecule has 2 N–H and O–H groups in total. The van der Waals surface area contributed by atoms with Crippen LogP contribution in [-0.2, 0) is 58.8 Å². The molecule has 0 radical (unpaired) electrons. The first kappa shape index (κ1) is 33.5. The lowest BCUT2D eigenvalue weighted by molar-refractivity contribution is -0.172. The van der Waals surface area contributed by atoms with Crippen LogP contribution in [0.2, 0.25) is 0 Å². The largest absolute Gasteiger partial charge is 0.458 e. The van der Waals surface area contributed by atoms with Crippen molar-refractivity contribution in [3.05, 3.63) is 61.7 Å². The number of hydrogen-bond donors (Lipinski definition) is 2. The number of rotatable bonds is 9. The quantitative estimate of drug-likeness (QED) is 0.193. The monoisotopic (exact) mass is 686 g/mol. The van der Waals surface area contributed by atoms with Gasteiger partial charge in [-0.15, -0.1) is 0 Å². The average molecular weight is 687 g/mol. The first-order valence-corrected chi connectivity index (χ1v) is 17.4. The topological polar surface area (TPSA) is 183 Å². The molecule has 256 valence electrons. The van der Waals surface area contributed by atoms with Gasteiger partial charge < -0.3 is 29.2 Å². The van der Waals surface area contributed by atoms with E-state index in [-0.39, 0.29) is 43.0 Å². The molecule has 14 nitrogen and oxygen atoms in total. The number of sulfone groups is 1. The van der Waals surface area contributed by atoms with Crippen molar-refractivity contribution in [2.24, 2.45) is 0 Å². The van der Waals surface area contributed by atoms with Gasteiger partial charge in [-0.2, -0.15) is 0 Å². The summed E-state index contributed by atoms with van der Waals surface area (Å²) in [5.74, 6) is -2.14. The molecule has 2 aliphatic heterocycles. The van der Waals surface area contributed by atoms with E-state index in [9.17, 15) is 32.7 Å². The van der Waals surface area contributed by atoms with Crippen LogP contribution in [0.3, 0.4) is 0 Å². The third-order valence-electron chi connectivity index (χ3n) is 9.36. The summed E-state index contributed by atoms with van der Waals surface area (Å²) in [7, 11) is -2.24. The molecule has 0 unspecified atom stereocenters. The van der Waals surface area contributed by atoms with E-state index >= 15 is 4.39 Å². The second kappa shape index (κ2) is 12.2. The van der Waals surface area contributed by atoms with Crippen LogP contribution in [0.5, 0.6) is 0 Å². The third kappa shape index (κ3) is 5.60. The number of fused-ring (bicyclic) bond motifs is 5. The number of carbonyl (C=O) groups excluding carboxylic acids is 3. The first-order chi connectivity index (χ1) is 22.7. The maximum atomic E-state index is 15.2. The van der Waals surface area contributed by atoms with Gasteiger partial charge in [0.2, 0.25) is 5.91 Å². The number of aliphatic hydroxyl groups is 1. The van der Waals surface area contributed by atoms with Crippen LogP contribution in [0.1, 0.15) is 59.2 Å². The Hall–Kier alpha value is -4.41. The highest BCUT2D eigenvalue weighted by molar-refractivity contribution is 7.90. The fourth-order valence-electron chi connectivity index (χ4n) is 6.80. The Kier molecular flexibility index (Phi) is 8.54. The lowest BCUT2D eigenvalue weighted by atomic mass is 9.81. The van der Waals surface area contributed by atoms with Crippen LogP contribution in [0.15, 0.2) is 16.9 Å². The Morgan fingerprint density at radius 3 is 2.69 bits per heavy atom. The Morgan fingerprint density at radius 2 is 2.00 bits per heavy atom. The summed E-state index contributed by atoms with van der Waals surface area (Å²) in [6, 6.07) is 2.31. The molecule has 0 spiro atoms. The third-order valence-corrected chi connectivity index (χ3v) is 10.3. The predicted octanol–water partition coefficient (Wildman–Crippen LogP) is 1.72. The van der Waals surface area contributed by atoms with Gasteiger partial charge in [-0.1, -0.05) is 6.92 Å². The van der Waals surface area contributed by atoms with Crippen molar-refractivity contribution >= 4 is 38.7 Å². The molecule has 1 aliphatic carbocycles. The molecule has 3 aliphatic rings. The average Bonchev–Trinajstić information content (AvgIpc) is 3.41. The highest BCUT2D eigenvalue weighted by atomic mass is 32.2. The fourth-order valence-corrected chi connectivity index (χ4v) is 7.35. The summed E-state index contributed by atoms with van der Waals surface area (Å²) in [6.45, 7) is 2.03. The molecule has 6 rings (SSSR count). The maximum Gasteiger partial charge on any atom is 0.411 e. The van der Waals surface area contributed by atoms with Crippen LogP contribution in [0, 0.1) is 12.7 Å². The maximum absolute atomic E-state index is 15.2. The zero-order valence-corrected chi connectivity index (χ0v) is 27.7. The molecule has 0 saturated carbocycles. The molecule has 0 fully saturated rings. The molecule has 0 bridgehead atoms. The number of esters is 1. The molecular weight excluding hydrogens is 651 g/mol. The van der Waals surface area contributed by atoms with E-state index in [0.717, 1.165) is 23.8 Å². The lowest BCUT2D eigenvalue weighted by Crippen LogP contribution is -2.44. The molecule has 3 aromatic rings. The number of aromatic nitrogens is 2. The number of benzene rings is 1. The minimum absolute atomic E-state index is 0.0237. The zero-order chi connectivity index (χ0) is 34.7. The Morgan fingerprint density at radius 1 is 1.25 bits per heavy atom. The minimum Gasteiger partial charge on any atom is -0.458 e. The van der Waals surface area contributed by atoms with Crippen LogP contribution >= 0.6 is 0 Å². The van der Waals surface area contributed by atoms with E-state index in [1.807, 2.05) is 0 Å². The van der Waals surface area contributed by atoms with Crippen LogP contribution in [0.4, 0.5) is 9.18 Å². The number of ether oxygens (including phenoxy) is 3. The summed E-state index contributed by atoms with van der Waals surface area (Å²) in [6.07, 6.45) is 1.03. The van der Waals surface area contributed by atoms with Crippen molar-refractivity contribution in [1.82, 2.24) is 19.8 Å². The van der Waals surface area contributed by atoms with Gasteiger partial charge in [0.1, 0.15) is 35.6 Å². The van der Waals surface area contributed by atoms with Gasteiger partial charge in [0, 0.05) is 35.4 Å². The fraction of sp³-hybridized carbons (Fsp3) is 0.469. The minimum atomic E-state index is -3.38. The van der Waals surface area contributed by atoms with E-state index < -0.39 is 64.2 Å². The Balaban J connectivity index is 1.35. The lowest BCUT2D eigenvalue weighted by Gasteiger charge is -2.31. The molecule has 0 saturated heterocycles. The van der Waals surface area contributed by atoms with Gasteiger partial charge in [-0.05, 0) is 48.9 Å². The number of nitrogens with zero attached hydrogens (tertiary/aromatic N) is 3. The number of halogens is 1. The van der Waals surface area contributed by atoms with Gasteiger partial charge in [-0.25, -0.2) is 27.4 Å². The first-order valence-electron chi connectivity index (χ1n) is 15.4. The number of pyridine rings is 2. The second-order valence-corrected chi connectivity index (χ2v) is 14.6. The van der Waals surface area contributed by atoms with Gasteiger partial charge in [0.05, 0.1) is 47.9 Å². The molecule has 2 amide bonds. The molecular formula is C32H35FN4O10S. The smallest absolute Gasteiger partial charge is 0.411 e.